The van der Waals surface area contributed by atoms with Crippen LogP contribution in [-0.2, 0) is 14.9 Å². The third kappa shape index (κ3) is 5.55. The number of aliphatic imine (C=N–C) groups is 1. The van der Waals surface area contributed by atoms with Crippen LogP contribution in [0.15, 0.2) is 29.3 Å². The van der Waals surface area contributed by atoms with Crippen LogP contribution in [0.1, 0.15) is 44.1 Å². The average molecular weight is 515 g/mol. The predicted octanol–water partition coefficient (Wildman–Crippen LogP) is 3.59. The molecule has 0 aromatic heterocycles. The standard InChI is InChI=1S/C22H33N3O3.HI/c1-23-21(25-13-9-17(10-14-25)20(26)28-3)24-16-22(11-4-5-12-22)18-7-6-8-19(15-18)27-2;/h6-8,15,17H,4-5,9-14,16H2,1-3H3,(H,23,24);1H. The fourth-order valence-electron chi connectivity index (χ4n) is 4.65. The molecule has 1 aromatic carbocycles. The third-order valence-corrected chi connectivity index (χ3v) is 6.37. The van der Waals surface area contributed by atoms with Crippen LogP contribution in [-0.4, -0.2) is 57.7 Å². The lowest BCUT2D eigenvalue weighted by Crippen LogP contribution is -2.49. The minimum atomic E-state index is -0.0921. The number of halogens is 1. The second-order valence-corrected chi connectivity index (χ2v) is 7.90. The summed E-state index contributed by atoms with van der Waals surface area (Å²) in [6, 6.07) is 8.49. The summed E-state index contributed by atoms with van der Waals surface area (Å²) in [5, 5.41) is 3.63. The number of ether oxygens (including phenoxy) is 2. The second kappa shape index (κ2) is 11.0. The molecule has 29 heavy (non-hydrogen) atoms. The van der Waals surface area contributed by atoms with Crippen LogP contribution in [0, 0.1) is 5.92 Å². The monoisotopic (exact) mass is 515 g/mol. The number of methoxy groups -OCH3 is 2. The van der Waals surface area contributed by atoms with Crippen LogP contribution < -0.4 is 10.1 Å². The van der Waals surface area contributed by atoms with Crippen molar-refractivity contribution in [3.05, 3.63) is 29.8 Å². The van der Waals surface area contributed by atoms with Crippen molar-refractivity contribution in [3.63, 3.8) is 0 Å². The van der Waals surface area contributed by atoms with Gasteiger partial charge in [0.05, 0.1) is 20.1 Å². The summed E-state index contributed by atoms with van der Waals surface area (Å²) in [5.74, 6) is 1.76. The molecule has 1 aromatic rings. The molecule has 2 aliphatic rings. The Kier molecular flexibility index (Phi) is 9.04. The van der Waals surface area contributed by atoms with Gasteiger partial charge in [0, 0.05) is 32.1 Å². The Labute approximate surface area is 191 Å². The normalized spacial score (nSPS) is 19.4. The number of piperidine rings is 1. The number of nitrogens with one attached hydrogen (secondary N) is 1. The summed E-state index contributed by atoms with van der Waals surface area (Å²) < 4.78 is 10.3. The van der Waals surface area contributed by atoms with Gasteiger partial charge in [-0.2, -0.15) is 0 Å². The molecule has 1 saturated carbocycles. The second-order valence-electron chi connectivity index (χ2n) is 7.90. The van der Waals surface area contributed by atoms with Gasteiger partial charge in [0.2, 0.25) is 0 Å². The van der Waals surface area contributed by atoms with E-state index in [0.29, 0.717) is 0 Å². The Balaban J connectivity index is 0.00000300. The van der Waals surface area contributed by atoms with Gasteiger partial charge in [-0.05, 0) is 43.4 Å². The summed E-state index contributed by atoms with van der Waals surface area (Å²) in [6.07, 6.45) is 6.48. The van der Waals surface area contributed by atoms with E-state index in [9.17, 15) is 4.79 Å². The van der Waals surface area contributed by atoms with Crippen molar-refractivity contribution in [2.24, 2.45) is 10.9 Å². The van der Waals surface area contributed by atoms with Gasteiger partial charge >= 0.3 is 5.97 Å². The Morgan fingerprint density at radius 3 is 2.52 bits per heavy atom. The van der Waals surface area contributed by atoms with Crippen molar-refractivity contribution < 1.29 is 14.3 Å². The number of nitrogens with zero attached hydrogens (tertiary/aromatic N) is 2. The highest BCUT2D eigenvalue weighted by atomic mass is 127. The van der Waals surface area contributed by atoms with Gasteiger partial charge in [0.25, 0.3) is 0 Å². The highest BCUT2D eigenvalue weighted by Crippen LogP contribution is 2.41. The lowest BCUT2D eigenvalue weighted by Gasteiger charge is -2.36. The number of guanidine groups is 1. The Morgan fingerprint density at radius 1 is 1.24 bits per heavy atom. The van der Waals surface area contributed by atoms with E-state index < -0.39 is 0 Å². The summed E-state index contributed by atoms with van der Waals surface area (Å²) in [7, 11) is 5.02. The van der Waals surface area contributed by atoms with Crippen LogP contribution in [0.4, 0.5) is 0 Å². The van der Waals surface area contributed by atoms with Crippen LogP contribution in [0.5, 0.6) is 5.75 Å². The molecule has 7 heteroatoms. The molecule has 1 N–H and O–H groups in total. The first-order chi connectivity index (χ1) is 13.6. The van der Waals surface area contributed by atoms with Crippen molar-refractivity contribution in [2.75, 3.05) is 40.9 Å². The molecular weight excluding hydrogens is 481 g/mol. The van der Waals surface area contributed by atoms with Crippen molar-refractivity contribution in [1.29, 1.82) is 0 Å². The first-order valence-corrected chi connectivity index (χ1v) is 10.3. The first kappa shape index (κ1) is 23.8. The maximum Gasteiger partial charge on any atom is 0.308 e. The van der Waals surface area contributed by atoms with E-state index in [-0.39, 0.29) is 41.3 Å². The summed E-state index contributed by atoms with van der Waals surface area (Å²) >= 11 is 0. The zero-order chi connectivity index (χ0) is 20.0. The molecule has 3 rings (SSSR count). The molecule has 1 heterocycles. The Hall–Kier alpha value is -1.51. The van der Waals surface area contributed by atoms with Gasteiger partial charge in [-0.25, -0.2) is 0 Å². The first-order valence-electron chi connectivity index (χ1n) is 10.3. The smallest absolute Gasteiger partial charge is 0.308 e. The van der Waals surface area contributed by atoms with Crippen LogP contribution in [0.2, 0.25) is 0 Å². The number of benzene rings is 1. The van der Waals surface area contributed by atoms with E-state index in [0.717, 1.165) is 44.2 Å². The van der Waals surface area contributed by atoms with E-state index in [1.165, 1.54) is 38.4 Å². The van der Waals surface area contributed by atoms with Gasteiger partial charge in [-0.1, -0.05) is 25.0 Å². The van der Waals surface area contributed by atoms with Gasteiger partial charge in [-0.3, -0.25) is 9.79 Å². The molecular formula is C22H34IN3O3. The molecule has 2 fully saturated rings. The van der Waals surface area contributed by atoms with Crippen molar-refractivity contribution in [2.45, 2.75) is 43.9 Å². The van der Waals surface area contributed by atoms with Crippen LogP contribution in [0.25, 0.3) is 0 Å². The quantitative estimate of drug-likeness (QED) is 0.281. The highest BCUT2D eigenvalue weighted by Gasteiger charge is 2.36. The largest absolute Gasteiger partial charge is 0.497 e. The average Bonchev–Trinajstić information content (AvgIpc) is 3.24. The predicted molar refractivity (Wildman–Crippen MR) is 126 cm³/mol. The summed E-state index contributed by atoms with van der Waals surface area (Å²) in [6.45, 7) is 2.51. The molecule has 0 spiro atoms. The molecule has 1 aliphatic heterocycles. The number of rotatable bonds is 5. The lowest BCUT2D eigenvalue weighted by atomic mass is 9.78. The molecule has 1 aliphatic carbocycles. The summed E-state index contributed by atoms with van der Waals surface area (Å²) in [5.41, 5.74) is 1.46. The lowest BCUT2D eigenvalue weighted by molar-refractivity contribution is -0.146. The Morgan fingerprint density at radius 2 is 1.93 bits per heavy atom. The summed E-state index contributed by atoms with van der Waals surface area (Å²) in [4.78, 5) is 18.5. The molecule has 6 nitrogen and oxygen atoms in total. The Bertz CT molecular complexity index is 696. The molecule has 0 bridgehead atoms. The SMILES string of the molecule is CN=C(NCC1(c2cccc(OC)c2)CCCC1)N1CCC(C(=O)OC)CC1.I. The van der Waals surface area contributed by atoms with E-state index in [4.69, 9.17) is 9.47 Å². The molecule has 1 saturated heterocycles. The minimum absolute atomic E-state index is 0. The van der Waals surface area contributed by atoms with Gasteiger partial charge in [0.1, 0.15) is 5.75 Å². The molecule has 0 amide bonds. The van der Waals surface area contributed by atoms with E-state index in [2.05, 4.69) is 33.4 Å². The maximum absolute atomic E-state index is 11.8. The maximum atomic E-state index is 11.8. The van der Waals surface area contributed by atoms with Crippen molar-refractivity contribution in [1.82, 2.24) is 10.2 Å². The third-order valence-electron chi connectivity index (χ3n) is 6.37. The van der Waals surface area contributed by atoms with Gasteiger partial charge < -0.3 is 19.7 Å². The zero-order valence-electron chi connectivity index (χ0n) is 17.8. The molecule has 0 unspecified atom stereocenters. The molecule has 0 radical (unpaired) electrons. The minimum Gasteiger partial charge on any atom is -0.497 e. The number of hydrogen-bond acceptors (Lipinski definition) is 4. The fraction of sp³-hybridized carbons (Fsp3) is 0.636. The van der Waals surface area contributed by atoms with Crippen LogP contribution in [0.3, 0.4) is 0 Å². The number of likely N-dealkylation sites (tertiary alicyclic amines) is 1. The zero-order valence-corrected chi connectivity index (χ0v) is 20.1. The number of hydrogen-bond donors (Lipinski definition) is 1. The molecule has 162 valence electrons. The van der Waals surface area contributed by atoms with E-state index >= 15 is 0 Å². The van der Waals surface area contributed by atoms with Crippen molar-refractivity contribution in [3.8, 4) is 5.75 Å². The molecule has 0 atom stereocenters. The number of carbonyl (C=O) groups is 1. The number of esters is 1. The highest BCUT2D eigenvalue weighted by molar-refractivity contribution is 14.0. The van der Waals surface area contributed by atoms with Gasteiger partial charge in [0.15, 0.2) is 5.96 Å². The topological polar surface area (TPSA) is 63.2 Å². The fourth-order valence-corrected chi connectivity index (χ4v) is 4.65. The van der Waals surface area contributed by atoms with Gasteiger partial charge in [-0.15, -0.1) is 24.0 Å². The van der Waals surface area contributed by atoms with Crippen LogP contribution >= 0.6 is 24.0 Å². The van der Waals surface area contributed by atoms with E-state index in [1.807, 2.05) is 13.1 Å². The van der Waals surface area contributed by atoms with Crippen molar-refractivity contribution >= 4 is 35.9 Å². The number of carbonyl (C=O) groups excluding carboxylic acids is 1. The van der Waals surface area contributed by atoms with E-state index in [1.54, 1.807) is 7.11 Å².